The molecule has 2 rings (SSSR count). The van der Waals surface area contributed by atoms with E-state index < -0.39 is 0 Å². The molecule has 28 heavy (non-hydrogen) atoms. The van der Waals surface area contributed by atoms with Gasteiger partial charge in [0.05, 0.1) is 12.2 Å². The third-order valence-corrected chi connectivity index (χ3v) is 5.47. The highest BCUT2D eigenvalue weighted by molar-refractivity contribution is 5.73. The van der Waals surface area contributed by atoms with Crippen molar-refractivity contribution in [3.63, 3.8) is 0 Å². The quantitative estimate of drug-likeness (QED) is 0.305. The number of aromatic nitrogens is 3. The summed E-state index contributed by atoms with van der Waals surface area (Å²) in [5.74, 6) is -0.254. The van der Waals surface area contributed by atoms with Crippen LogP contribution in [0.2, 0.25) is 0 Å². The van der Waals surface area contributed by atoms with Crippen LogP contribution in [0.5, 0.6) is 0 Å². The highest BCUT2D eigenvalue weighted by Gasteiger charge is 2.10. The summed E-state index contributed by atoms with van der Waals surface area (Å²) in [4.78, 5) is 2.50. The van der Waals surface area contributed by atoms with Crippen LogP contribution in [0.3, 0.4) is 0 Å². The van der Waals surface area contributed by atoms with E-state index in [9.17, 15) is 4.39 Å². The Morgan fingerprint density at radius 3 is 2.00 bits per heavy atom. The maximum atomic E-state index is 13.4. The van der Waals surface area contributed by atoms with Crippen molar-refractivity contribution in [3.05, 3.63) is 24.0 Å². The van der Waals surface area contributed by atoms with Gasteiger partial charge in [0.2, 0.25) is 0 Å². The molecule has 1 aromatic heterocycles. The first kappa shape index (κ1) is 22.8. The SMILES string of the molecule is CCCCCCCCN(CCCCCCCC)Cn1nnc2cc(F)ccc21. The predicted octanol–water partition coefficient (Wildman–Crippen LogP) is 6.55. The molecule has 5 heteroatoms. The molecule has 0 atom stereocenters. The van der Waals surface area contributed by atoms with Crippen LogP contribution in [-0.2, 0) is 6.67 Å². The number of unbranched alkanes of at least 4 members (excludes halogenated alkanes) is 10. The summed E-state index contributed by atoms with van der Waals surface area (Å²) in [6.07, 6.45) is 15.8. The molecule has 0 saturated heterocycles. The Morgan fingerprint density at radius 1 is 0.821 bits per heavy atom. The lowest BCUT2D eigenvalue weighted by atomic mass is 10.1. The standard InChI is InChI=1S/C23H39FN4/c1-3-5-7-9-11-13-17-27(18-14-12-10-8-6-4-2)20-28-23-16-15-21(24)19-22(23)25-26-28/h15-16,19H,3-14,17-18,20H2,1-2H3. The number of nitrogens with zero attached hydrogens (tertiary/aromatic N) is 4. The van der Waals surface area contributed by atoms with E-state index in [-0.39, 0.29) is 5.82 Å². The van der Waals surface area contributed by atoms with Gasteiger partial charge in [-0.15, -0.1) is 5.10 Å². The maximum Gasteiger partial charge on any atom is 0.125 e. The van der Waals surface area contributed by atoms with Gasteiger partial charge in [-0.25, -0.2) is 9.07 Å². The van der Waals surface area contributed by atoms with Gasteiger partial charge in [0, 0.05) is 6.07 Å². The van der Waals surface area contributed by atoms with Crippen molar-refractivity contribution in [1.82, 2.24) is 19.9 Å². The van der Waals surface area contributed by atoms with Crippen molar-refractivity contribution in [1.29, 1.82) is 0 Å². The molecule has 0 radical (unpaired) electrons. The lowest BCUT2D eigenvalue weighted by molar-refractivity contribution is 0.199. The van der Waals surface area contributed by atoms with Crippen LogP contribution >= 0.6 is 0 Å². The Morgan fingerprint density at radius 2 is 1.39 bits per heavy atom. The molecular formula is C23H39FN4. The Labute approximate surface area is 170 Å². The van der Waals surface area contributed by atoms with Crippen molar-refractivity contribution in [3.8, 4) is 0 Å². The Hall–Kier alpha value is -1.49. The minimum atomic E-state index is -0.254. The van der Waals surface area contributed by atoms with Crippen LogP contribution in [0.15, 0.2) is 18.2 Å². The van der Waals surface area contributed by atoms with Crippen molar-refractivity contribution in [2.24, 2.45) is 0 Å². The zero-order valence-electron chi connectivity index (χ0n) is 18.0. The van der Waals surface area contributed by atoms with Crippen molar-refractivity contribution < 1.29 is 4.39 Å². The second-order valence-electron chi connectivity index (χ2n) is 8.02. The lowest BCUT2D eigenvalue weighted by Crippen LogP contribution is -2.29. The smallest absolute Gasteiger partial charge is 0.125 e. The Balaban J connectivity index is 1.84. The molecule has 0 aliphatic rings. The average molecular weight is 391 g/mol. The number of rotatable bonds is 16. The molecular weight excluding hydrogens is 351 g/mol. The number of hydrogen-bond donors (Lipinski definition) is 0. The number of halogens is 1. The van der Waals surface area contributed by atoms with E-state index in [1.54, 1.807) is 6.07 Å². The molecule has 0 saturated carbocycles. The third kappa shape index (κ3) is 8.26. The summed E-state index contributed by atoms with van der Waals surface area (Å²) in [7, 11) is 0. The van der Waals surface area contributed by atoms with Gasteiger partial charge >= 0.3 is 0 Å². The van der Waals surface area contributed by atoms with Crippen molar-refractivity contribution in [2.45, 2.75) is 97.6 Å². The third-order valence-electron chi connectivity index (χ3n) is 5.47. The number of hydrogen-bond acceptors (Lipinski definition) is 3. The van der Waals surface area contributed by atoms with E-state index in [0.717, 1.165) is 25.3 Å². The molecule has 158 valence electrons. The van der Waals surface area contributed by atoms with Crippen LogP contribution in [0.25, 0.3) is 11.0 Å². The first-order chi connectivity index (χ1) is 13.7. The predicted molar refractivity (Wildman–Crippen MR) is 116 cm³/mol. The van der Waals surface area contributed by atoms with Gasteiger partial charge in [0.25, 0.3) is 0 Å². The highest BCUT2D eigenvalue weighted by atomic mass is 19.1. The summed E-state index contributed by atoms with van der Waals surface area (Å²) in [5, 5.41) is 8.41. The van der Waals surface area contributed by atoms with Crippen LogP contribution in [-0.4, -0.2) is 33.0 Å². The molecule has 0 aliphatic heterocycles. The zero-order chi connectivity index (χ0) is 20.0. The van der Waals surface area contributed by atoms with Crippen LogP contribution < -0.4 is 0 Å². The van der Waals surface area contributed by atoms with E-state index in [1.165, 1.54) is 89.2 Å². The number of benzene rings is 1. The zero-order valence-corrected chi connectivity index (χ0v) is 18.0. The molecule has 0 spiro atoms. The molecule has 0 bridgehead atoms. The fourth-order valence-corrected chi connectivity index (χ4v) is 3.72. The number of fused-ring (bicyclic) bond motifs is 1. The minimum absolute atomic E-state index is 0.254. The molecule has 0 fully saturated rings. The summed E-state index contributed by atoms with van der Waals surface area (Å²) in [6, 6.07) is 4.75. The molecule has 2 aromatic rings. The molecule has 0 unspecified atom stereocenters. The Kier molecular flexibility index (Phi) is 11.1. The van der Waals surface area contributed by atoms with E-state index in [1.807, 2.05) is 4.68 Å². The van der Waals surface area contributed by atoms with Gasteiger partial charge in [-0.2, -0.15) is 0 Å². The summed E-state index contributed by atoms with van der Waals surface area (Å²) >= 11 is 0. The van der Waals surface area contributed by atoms with E-state index in [2.05, 4.69) is 29.1 Å². The molecule has 1 aromatic carbocycles. The first-order valence-corrected chi connectivity index (χ1v) is 11.5. The minimum Gasteiger partial charge on any atom is -0.284 e. The maximum absolute atomic E-state index is 13.4. The molecule has 0 amide bonds. The fraction of sp³-hybridized carbons (Fsp3) is 0.739. The highest BCUT2D eigenvalue weighted by Crippen LogP contribution is 2.14. The van der Waals surface area contributed by atoms with Crippen LogP contribution in [0.1, 0.15) is 90.9 Å². The second kappa shape index (κ2) is 13.6. The lowest BCUT2D eigenvalue weighted by Gasteiger charge is -2.22. The summed E-state index contributed by atoms with van der Waals surface area (Å²) in [6.45, 7) is 7.46. The topological polar surface area (TPSA) is 34.0 Å². The first-order valence-electron chi connectivity index (χ1n) is 11.5. The molecule has 4 nitrogen and oxygen atoms in total. The van der Waals surface area contributed by atoms with Crippen molar-refractivity contribution in [2.75, 3.05) is 13.1 Å². The fourth-order valence-electron chi connectivity index (χ4n) is 3.72. The normalized spacial score (nSPS) is 11.7. The van der Waals surface area contributed by atoms with Gasteiger partial charge in [-0.1, -0.05) is 83.3 Å². The monoisotopic (exact) mass is 390 g/mol. The Bertz CT molecular complexity index is 639. The summed E-state index contributed by atoms with van der Waals surface area (Å²) < 4.78 is 15.3. The van der Waals surface area contributed by atoms with E-state index >= 15 is 0 Å². The van der Waals surface area contributed by atoms with Crippen LogP contribution in [0, 0.1) is 5.82 Å². The van der Waals surface area contributed by atoms with Gasteiger partial charge in [0.15, 0.2) is 0 Å². The molecule has 1 heterocycles. The largest absolute Gasteiger partial charge is 0.284 e. The second-order valence-corrected chi connectivity index (χ2v) is 8.02. The molecule has 0 aliphatic carbocycles. The van der Waals surface area contributed by atoms with E-state index in [4.69, 9.17) is 0 Å². The van der Waals surface area contributed by atoms with Gasteiger partial charge in [-0.3, -0.25) is 4.90 Å². The van der Waals surface area contributed by atoms with Crippen LogP contribution in [0.4, 0.5) is 4.39 Å². The van der Waals surface area contributed by atoms with E-state index in [0.29, 0.717) is 5.52 Å². The summed E-state index contributed by atoms with van der Waals surface area (Å²) in [5.41, 5.74) is 1.55. The van der Waals surface area contributed by atoms with Gasteiger partial charge < -0.3 is 0 Å². The molecule has 0 N–H and O–H groups in total. The van der Waals surface area contributed by atoms with Gasteiger partial charge in [0.1, 0.15) is 11.3 Å². The average Bonchev–Trinajstić information content (AvgIpc) is 3.08. The van der Waals surface area contributed by atoms with Gasteiger partial charge in [-0.05, 0) is 38.1 Å². The van der Waals surface area contributed by atoms with Crippen molar-refractivity contribution >= 4 is 11.0 Å².